The highest BCUT2D eigenvalue weighted by Crippen LogP contribution is 2.36. The lowest BCUT2D eigenvalue weighted by Gasteiger charge is -2.29. The Morgan fingerprint density at radius 2 is 1.27 bits per heavy atom. The van der Waals surface area contributed by atoms with Crippen molar-refractivity contribution in [3.63, 3.8) is 0 Å². The Morgan fingerprint density at radius 3 is 1.91 bits per heavy atom. The van der Waals surface area contributed by atoms with Gasteiger partial charge in [-0.3, -0.25) is 0 Å². The highest BCUT2D eigenvalue weighted by Gasteiger charge is 2.44. The predicted octanol–water partition coefficient (Wildman–Crippen LogP) is 4.39. The number of benzene rings is 2. The maximum absolute atomic E-state index is 2.36. The van der Waals surface area contributed by atoms with E-state index in [1.54, 1.807) is 11.8 Å². The van der Waals surface area contributed by atoms with Gasteiger partial charge < -0.3 is 0 Å². The third-order valence-electron chi connectivity index (χ3n) is 4.13. The molecule has 1 aliphatic rings. The molecule has 0 saturated heterocycles. The van der Waals surface area contributed by atoms with Gasteiger partial charge in [0.2, 0.25) is 10.6 Å². The fraction of sp³-hybridized carbons (Fsp3) is 0.0500. The monoisotopic (exact) mass is 302 g/mol. The minimum absolute atomic E-state index is 0.287. The van der Waals surface area contributed by atoms with Crippen LogP contribution in [0.4, 0.5) is 0 Å². The number of pyridine rings is 1. The largest absolute Gasteiger partial charge is 0.245 e. The molecule has 22 heavy (non-hydrogen) atoms. The molecule has 0 atom stereocenters. The van der Waals surface area contributed by atoms with Crippen molar-refractivity contribution in [2.24, 2.45) is 0 Å². The van der Waals surface area contributed by atoms with Crippen molar-refractivity contribution in [1.82, 2.24) is 0 Å². The molecular weight excluding hydrogens is 286 g/mol. The second-order valence-electron chi connectivity index (χ2n) is 5.33. The zero-order valence-corrected chi connectivity index (χ0v) is 12.9. The van der Waals surface area contributed by atoms with Crippen LogP contribution >= 0.6 is 11.8 Å². The van der Waals surface area contributed by atoms with Gasteiger partial charge in [-0.1, -0.05) is 60.7 Å². The molecule has 0 amide bonds. The molecule has 0 unspecified atom stereocenters. The van der Waals surface area contributed by atoms with E-state index < -0.39 is 0 Å². The van der Waals surface area contributed by atoms with Crippen LogP contribution in [0.3, 0.4) is 0 Å². The summed E-state index contributed by atoms with van der Waals surface area (Å²) in [6, 6.07) is 27.8. The average Bonchev–Trinajstić information content (AvgIpc) is 2.63. The van der Waals surface area contributed by atoms with Crippen molar-refractivity contribution in [2.75, 3.05) is 0 Å². The minimum atomic E-state index is -0.287. The summed E-state index contributed by atoms with van der Waals surface area (Å²) < 4.78 is 2.36. The first-order valence-corrected chi connectivity index (χ1v) is 8.26. The summed E-state index contributed by atoms with van der Waals surface area (Å²) in [4.78, 5) is 0. The first-order valence-electron chi connectivity index (χ1n) is 7.38. The number of rotatable bonds is 2. The second-order valence-corrected chi connectivity index (χ2v) is 6.25. The van der Waals surface area contributed by atoms with Gasteiger partial charge in [0.1, 0.15) is 0 Å². The van der Waals surface area contributed by atoms with Crippen LogP contribution in [-0.4, -0.2) is 0 Å². The maximum Gasteiger partial charge on any atom is 0.245 e. The molecule has 2 heteroatoms. The lowest BCUT2D eigenvalue weighted by molar-refractivity contribution is -0.767. The third-order valence-corrected chi connectivity index (χ3v) is 4.97. The Morgan fingerprint density at radius 1 is 0.682 bits per heavy atom. The van der Waals surface area contributed by atoms with Crippen molar-refractivity contribution >= 4 is 11.8 Å². The van der Waals surface area contributed by atoms with E-state index in [0.29, 0.717) is 0 Å². The van der Waals surface area contributed by atoms with Crippen molar-refractivity contribution in [3.05, 3.63) is 108 Å². The van der Waals surface area contributed by atoms with E-state index >= 15 is 0 Å². The normalized spacial score (nSPS) is 15.3. The van der Waals surface area contributed by atoms with Crippen LogP contribution < -0.4 is 4.57 Å². The highest BCUT2D eigenvalue weighted by atomic mass is 32.2. The molecule has 0 N–H and O–H groups in total. The standard InChI is InChI=1S/C20H16NS/c1-3-9-17(10-4-1)20(18-11-5-2-6-12-18)14-16-22-19-13-7-8-15-21(19)20/h1-16H/q+1. The molecule has 4 rings (SSSR count). The summed E-state index contributed by atoms with van der Waals surface area (Å²) >= 11 is 1.76. The van der Waals surface area contributed by atoms with E-state index in [-0.39, 0.29) is 5.54 Å². The van der Waals surface area contributed by atoms with Crippen LogP contribution in [0.1, 0.15) is 11.1 Å². The van der Waals surface area contributed by atoms with Crippen LogP contribution in [0.25, 0.3) is 0 Å². The van der Waals surface area contributed by atoms with E-state index in [9.17, 15) is 0 Å². The summed E-state index contributed by atoms with van der Waals surface area (Å²) in [5.41, 5.74) is 2.26. The predicted molar refractivity (Wildman–Crippen MR) is 90.7 cm³/mol. The number of aromatic nitrogens is 1. The molecule has 106 valence electrons. The molecule has 1 aliphatic heterocycles. The average molecular weight is 302 g/mol. The number of fused-ring (bicyclic) bond motifs is 1. The number of hydrogen-bond donors (Lipinski definition) is 0. The molecule has 0 bridgehead atoms. The molecule has 3 aromatic rings. The Balaban J connectivity index is 2.07. The Labute approximate surface area is 134 Å². The summed E-state index contributed by atoms with van der Waals surface area (Å²) in [6.07, 6.45) is 4.47. The van der Waals surface area contributed by atoms with Gasteiger partial charge in [-0.2, -0.15) is 4.57 Å². The van der Waals surface area contributed by atoms with Crippen LogP contribution in [0.2, 0.25) is 0 Å². The van der Waals surface area contributed by atoms with Crippen molar-refractivity contribution < 1.29 is 4.57 Å². The zero-order valence-electron chi connectivity index (χ0n) is 12.1. The summed E-state index contributed by atoms with van der Waals surface area (Å²) in [6.45, 7) is 0. The second kappa shape index (κ2) is 5.47. The van der Waals surface area contributed by atoms with Crippen LogP contribution in [-0.2, 0) is 5.54 Å². The molecule has 0 aliphatic carbocycles. The van der Waals surface area contributed by atoms with Gasteiger partial charge in [0.05, 0.1) is 0 Å². The lowest BCUT2D eigenvalue weighted by atomic mass is 9.82. The van der Waals surface area contributed by atoms with Crippen LogP contribution in [0.15, 0.2) is 102 Å². The highest BCUT2D eigenvalue weighted by molar-refractivity contribution is 8.02. The third kappa shape index (κ3) is 1.99. The zero-order chi connectivity index (χ0) is 14.8. The molecule has 0 spiro atoms. The topological polar surface area (TPSA) is 3.88 Å². The van der Waals surface area contributed by atoms with E-state index in [1.165, 1.54) is 16.2 Å². The number of hydrogen-bond acceptors (Lipinski definition) is 1. The Bertz CT molecular complexity index is 770. The van der Waals surface area contributed by atoms with Gasteiger partial charge in [-0.25, -0.2) is 0 Å². The van der Waals surface area contributed by atoms with Gasteiger partial charge in [-0.05, 0) is 23.2 Å². The Kier molecular flexibility index (Phi) is 3.32. The first kappa shape index (κ1) is 13.4. The molecule has 0 radical (unpaired) electrons. The smallest absolute Gasteiger partial charge is 0.175 e. The molecule has 1 aromatic heterocycles. The lowest BCUT2D eigenvalue weighted by Crippen LogP contribution is -2.58. The van der Waals surface area contributed by atoms with Gasteiger partial charge in [-0.15, -0.1) is 0 Å². The van der Waals surface area contributed by atoms with Gasteiger partial charge in [0.15, 0.2) is 6.20 Å². The summed E-state index contributed by atoms with van der Waals surface area (Å²) in [7, 11) is 0. The van der Waals surface area contributed by atoms with E-state index in [2.05, 4.69) is 101 Å². The van der Waals surface area contributed by atoms with Crippen molar-refractivity contribution in [1.29, 1.82) is 0 Å². The first-order chi connectivity index (χ1) is 10.9. The van der Waals surface area contributed by atoms with E-state index in [4.69, 9.17) is 0 Å². The minimum Gasteiger partial charge on any atom is -0.175 e. The molecule has 1 nitrogen and oxygen atoms in total. The molecule has 2 aromatic carbocycles. The van der Waals surface area contributed by atoms with E-state index in [0.717, 1.165) is 0 Å². The van der Waals surface area contributed by atoms with Crippen LogP contribution in [0.5, 0.6) is 0 Å². The molecular formula is C20H16NS+. The number of thioether (sulfide) groups is 1. The van der Waals surface area contributed by atoms with Crippen LogP contribution in [0, 0.1) is 0 Å². The molecule has 0 saturated carbocycles. The quantitative estimate of drug-likeness (QED) is 0.635. The Hall–Kier alpha value is -2.32. The maximum atomic E-state index is 2.36. The SMILES string of the molecule is C1=CC(c2ccccc2)(c2ccccc2)[n+]2ccccc2S1. The fourth-order valence-corrected chi connectivity index (χ4v) is 4.00. The van der Waals surface area contributed by atoms with Crippen molar-refractivity contribution in [3.8, 4) is 0 Å². The van der Waals surface area contributed by atoms with Gasteiger partial charge >= 0.3 is 0 Å². The molecule has 2 heterocycles. The van der Waals surface area contributed by atoms with E-state index in [1.807, 2.05) is 0 Å². The van der Waals surface area contributed by atoms with Crippen molar-refractivity contribution in [2.45, 2.75) is 10.6 Å². The van der Waals surface area contributed by atoms with Gasteiger partial charge in [0, 0.05) is 29.3 Å². The summed E-state index contributed by atoms with van der Waals surface area (Å²) in [5.74, 6) is 0. The molecule has 0 fully saturated rings. The number of nitrogens with zero attached hydrogens (tertiary/aromatic N) is 1. The fourth-order valence-electron chi connectivity index (χ4n) is 3.12. The number of allylic oxidation sites excluding steroid dienone is 1. The summed E-state index contributed by atoms with van der Waals surface area (Å²) in [5, 5.41) is 3.45. The van der Waals surface area contributed by atoms with Gasteiger partial charge in [0.25, 0.3) is 0 Å².